The van der Waals surface area contributed by atoms with E-state index in [1.54, 1.807) is 6.20 Å². The first-order chi connectivity index (χ1) is 7.16. The smallest absolute Gasteiger partial charge is 0.145 e. The third kappa shape index (κ3) is 1.98. The first kappa shape index (κ1) is 9.71. The fourth-order valence-corrected chi connectivity index (χ4v) is 1.52. The molecule has 0 aliphatic rings. The lowest BCUT2D eigenvalue weighted by Crippen LogP contribution is -2.07. The van der Waals surface area contributed by atoms with Crippen LogP contribution >= 0.6 is 0 Å². The largest absolute Gasteiger partial charge is 0.382 e. The number of aryl methyl sites for hydroxylation is 2. The summed E-state index contributed by atoms with van der Waals surface area (Å²) in [5.74, 6) is 0.557. The SMILES string of the molecule is Cc1cccnc1Cn1nc(N)cc1C. The monoisotopic (exact) mass is 202 g/mol. The van der Waals surface area contributed by atoms with Crippen LogP contribution < -0.4 is 5.73 Å². The summed E-state index contributed by atoms with van der Waals surface area (Å²) in [5.41, 5.74) is 8.88. The molecule has 0 aliphatic carbocycles. The molecule has 0 aromatic carbocycles. The molecule has 0 saturated heterocycles. The molecule has 2 rings (SSSR count). The van der Waals surface area contributed by atoms with E-state index in [4.69, 9.17) is 5.73 Å². The Hall–Kier alpha value is -1.84. The molecule has 0 spiro atoms. The predicted molar refractivity (Wildman–Crippen MR) is 59.5 cm³/mol. The van der Waals surface area contributed by atoms with E-state index in [-0.39, 0.29) is 0 Å². The second kappa shape index (κ2) is 3.73. The number of pyridine rings is 1. The molecular formula is C11H14N4. The highest BCUT2D eigenvalue weighted by atomic mass is 15.3. The molecule has 0 aliphatic heterocycles. The van der Waals surface area contributed by atoms with Crippen LogP contribution in [0.25, 0.3) is 0 Å². The topological polar surface area (TPSA) is 56.7 Å². The maximum absolute atomic E-state index is 5.62. The van der Waals surface area contributed by atoms with Crippen molar-refractivity contribution in [2.75, 3.05) is 5.73 Å². The summed E-state index contributed by atoms with van der Waals surface area (Å²) >= 11 is 0. The summed E-state index contributed by atoms with van der Waals surface area (Å²) in [7, 11) is 0. The minimum absolute atomic E-state index is 0.557. The number of anilines is 1. The van der Waals surface area contributed by atoms with Crippen molar-refractivity contribution in [3.63, 3.8) is 0 Å². The minimum Gasteiger partial charge on any atom is -0.382 e. The van der Waals surface area contributed by atoms with Gasteiger partial charge in [0.05, 0.1) is 12.2 Å². The van der Waals surface area contributed by atoms with Crippen molar-refractivity contribution < 1.29 is 0 Å². The van der Waals surface area contributed by atoms with Crippen molar-refractivity contribution in [1.82, 2.24) is 14.8 Å². The third-order valence-electron chi connectivity index (χ3n) is 2.42. The fourth-order valence-electron chi connectivity index (χ4n) is 1.52. The third-order valence-corrected chi connectivity index (χ3v) is 2.42. The van der Waals surface area contributed by atoms with Crippen LogP contribution in [0.4, 0.5) is 5.82 Å². The lowest BCUT2D eigenvalue weighted by molar-refractivity contribution is 0.652. The molecule has 2 aromatic rings. The quantitative estimate of drug-likeness (QED) is 0.803. The molecule has 4 heteroatoms. The summed E-state index contributed by atoms with van der Waals surface area (Å²) in [6, 6.07) is 5.84. The van der Waals surface area contributed by atoms with Crippen LogP contribution in [-0.4, -0.2) is 14.8 Å². The first-order valence-corrected chi connectivity index (χ1v) is 4.87. The van der Waals surface area contributed by atoms with Gasteiger partial charge in [0, 0.05) is 18.0 Å². The Bertz CT molecular complexity index is 473. The molecule has 0 fully saturated rings. The summed E-state index contributed by atoms with van der Waals surface area (Å²) in [4.78, 5) is 4.32. The zero-order chi connectivity index (χ0) is 10.8. The molecule has 2 aromatic heterocycles. The van der Waals surface area contributed by atoms with Crippen molar-refractivity contribution >= 4 is 5.82 Å². The Morgan fingerprint density at radius 2 is 2.20 bits per heavy atom. The number of rotatable bonds is 2. The van der Waals surface area contributed by atoms with Crippen LogP contribution in [0.3, 0.4) is 0 Å². The Balaban J connectivity index is 2.29. The van der Waals surface area contributed by atoms with Gasteiger partial charge in [0.1, 0.15) is 5.82 Å². The molecule has 15 heavy (non-hydrogen) atoms. The number of hydrogen-bond acceptors (Lipinski definition) is 3. The minimum atomic E-state index is 0.557. The van der Waals surface area contributed by atoms with Gasteiger partial charge in [-0.3, -0.25) is 9.67 Å². The zero-order valence-electron chi connectivity index (χ0n) is 8.94. The normalized spacial score (nSPS) is 10.5. The first-order valence-electron chi connectivity index (χ1n) is 4.87. The van der Waals surface area contributed by atoms with Crippen molar-refractivity contribution in [2.24, 2.45) is 0 Å². The van der Waals surface area contributed by atoms with E-state index in [1.807, 2.05) is 36.7 Å². The lowest BCUT2D eigenvalue weighted by atomic mass is 10.2. The lowest BCUT2D eigenvalue weighted by Gasteiger charge is -2.05. The maximum Gasteiger partial charge on any atom is 0.145 e. The second-order valence-corrected chi connectivity index (χ2v) is 3.64. The van der Waals surface area contributed by atoms with Crippen LogP contribution in [0.2, 0.25) is 0 Å². The highest BCUT2D eigenvalue weighted by Crippen LogP contribution is 2.09. The molecule has 0 radical (unpaired) electrons. The molecule has 78 valence electrons. The van der Waals surface area contributed by atoms with Crippen LogP contribution in [0.5, 0.6) is 0 Å². The van der Waals surface area contributed by atoms with Gasteiger partial charge in [-0.1, -0.05) is 6.07 Å². The predicted octanol–water partition coefficient (Wildman–Crippen LogP) is 1.53. The van der Waals surface area contributed by atoms with Gasteiger partial charge < -0.3 is 5.73 Å². The Morgan fingerprint density at radius 3 is 2.80 bits per heavy atom. The Labute approximate surface area is 88.8 Å². The molecule has 0 unspecified atom stereocenters. The molecule has 2 heterocycles. The van der Waals surface area contributed by atoms with E-state index in [0.29, 0.717) is 12.4 Å². The van der Waals surface area contributed by atoms with Gasteiger partial charge in [-0.25, -0.2) is 0 Å². The van der Waals surface area contributed by atoms with Crippen molar-refractivity contribution in [3.8, 4) is 0 Å². The summed E-state index contributed by atoms with van der Waals surface area (Å²) in [6.45, 7) is 4.71. The highest BCUT2D eigenvalue weighted by molar-refractivity contribution is 5.29. The van der Waals surface area contributed by atoms with Crippen LogP contribution in [0, 0.1) is 13.8 Å². The van der Waals surface area contributed by atoms with Crippen LogP contribution in [0.15, 0.2) is 24.4 Å². The van der Waals surface area contributed by atoms with Gasteiger partial charge in [-0.05, 0) is 25.5 Å². The molecule has 0 bridgehead atoms. The Morgan fingerprint density at radius 1 is 1.40 bits per heavy atom. The van der Waals surface area contributed by atoms with Crippen LogP contribution in [0.1, 0.15) is 17.0 Å². The average Bonchev–Trinajstić information content (AvgIpc) is 2.49. The fraction of sp³-hybridized carbons (Fsp3) is 0.273. The van der Waals surface area contributed by atoms with Gasteiger partial charge in [0.15, 0.2) is 0 Å². The summed E-state index contributed by atoms with van der Waals surface area (Å²) in [5, 5.41) is 4.20. The number of nitrogen functional groups attached to an aromatic ring is 1. The van der Waals surface area contributed by atoms with Gasteiger partial charge in [0.2, 0.25) is 0 Å². The summed E-state index contributed by atoms with van der Waals surface area (Å²) < 4.78 is 1.87. The Kier molecular flexibility index (Phi) is 2.41. The van der Waals surface area contributed by atoms with Gasteiger partial charge in [0.25, 0.3) is 0 Å². The van der Waals surface area contributed by atoms with E-state index >= 15 is 0 Å². The molecule has 0 atom stereocenters. The highest BCUT2D eigenvalue weighted by Gasteiger charge is 2.04. The molecular weight excluding hydrogens is 188 g/mol. The number of nitrogens with zero attached hydrogens (tertiary/aromatic N) is 3. The van der Waals surface area contributed by atoms with Gasteiger partial charge in [-0.2, -0.15) is 5.10 Å². The van der Waals surface area contributed by atoms with Crippen molar-refractivity contribution in [2.45, 2.75) is 20.4 Å². The van der Waals surface area contributed by atoms with Crippen LogP contribution in [-0.2, 0) is 6.54 Å². The van der Waals surface area contributed by atoms with Gasteiger partial charge >= 0.3 is 0 Å². The zero-order valence-corrected chi connectivity index (χ0v) is 8.94. The van der Waals surface area contributed by atoms with E-state index in [2.05, 4.69) is 10.1 Å². The summed E-state index contributed by atoms with van der Waals surface area (Å²) in [6.07, 6.45) is 1.80. The van der Waals surface area contributed by atoms with E-state index in [9.17, 15) is 0 Å². The average molecular weight is 202 g/mol. The van der Waals surface area contributed by atoms with Crippen molar-refractivity contribution in [3.05, 3.63) is 41.3 Å². The van der Waals surface area contributed by atoms with E-state index in [0.717, 1.165) is 11.4 Å². The number of aromatic nitrogens is 3. The number of nitrogens with two attached hydrogens (primary N) is 1. The molecule has 2 N–H and O–H groups in total. The van der Waals surface area contributed by atoms with E-state index in [1.165, 1.54) is 5.56 Å². The second-order valence-electron chi connectivity index (χ2n) is 3.64. The number of hydrogen-bond donors (Lipinski definition) is 1. The van der Waals surface area contributed by atoms with Crippen molar-refractivity contribution in [1.29, 1.82) is 0 Å². The van der Waals surface area contributed by atoms with Gasteiger partial charge in [-0.15, -0.1) is 0 Å². The molecule has 4 nitrogen and oxygen atoms in total. The van der Waals surface area contributed by atoms with E-state index < -0.39 is 0 Å². The molecule has 0 saturated carbocycles. The molecule has 0 amide bonds. The standard InChI is InChI=1S/C11H14N4/c1-8-4-3-5-13-10(8)7-15-9(2)6-11(12)14-15/h3-6H,7H2,1-2H3,(H2,12,14). The maximum atomic E-state index is 5.62.